The van der Waals surface area contributed by atoms with Gasteiger partial charge >= 0.3 is 0 Å². The number of nitrogens with zero attached hydrogens (tertiary/aromatic N) is 1. The van der Waals surface area contributed by atoms with E-state index in [1.807, 2.05) is 6.07 Å². The smallest absolute Gasteiger partial charge is 0.238 e. The van der Waals surface area contributed by atoms with Crippen LogP contribution in [0.15, 0.2) is 35.4 Å². The van der Waals surface area contributed by atoms with Gasteiger partial charge in [0.25, 0.3) is 0 Å². The Kier molecular flexibility index (Phi) is 4.13. The van der Waals surface area contributed by atoms with Crippen molar-refractivity contribution in [1.82, 2.24) is 9.97 Å². The van der Waals surface area contributed by atoms with Crippen LogP contribution in [0.2, 0.25) is 0 Å². The topological polar surface area (TPSA) is 98.1 Å². The summed E-state index contributed by atoms with van der Waals surface area (Å²) in [4.78, 5) is 7.70. The molecular formula is C18H21N3O3S. The molecule has 1 aliphatic carbocycles. The fourth-order valence-corrected chi connectivity index (χ4v) is 4.11. The Labute approximate surface area is 146 Å². The van der Waals surface area contributed by atoms with Crippen LogP contribution in [0, 0.1) is 5.92 Å². The number of fused-ring (bicyclic) bond motifs is 3. The average molecular weight is 359 g/mol. The Morgan fingerprint density at radius 1 is 1.12 bits per heavy atom. The summed E-state index contributed by atoms with van der Waals surface area (Å²) in [5.41, 5.74) is 1.68. The highest BCUT2D eigenvalue weighted by Gasteiger charge is 2.15. The van der Waals surface area contributed by atoms with Crippen molar-refractivity contribution < 1.29 is 13.2 Å². The van der Waals surface area contributed by atoms with Crippen molar-refractivity contribution in [2.45, 2.75) is 37.0 Å². The first-order valence-corrected chi connectivity index (χ1v) is 10.1. The molecule has 3 N–H and O–H groups in total. The summed E-state index contributed by atoms with van der Waals surface area (Å²) >= 11 is 0. The molecule has 0 atom stereocenters. The lowest BCUT2D eigenvalue weighted by Gasteiger charge is -2.21. The van der Waals surface area contributed by atoms with E-state index in [1.54, 1.807) is 18.3 Å². The van der Waals surface area contributed by atoms with Crippen molar-refractivity contribution in [3.8, 4) is 5.88 Å². The summed E-state index contributed by atoms with van der Waals surface area (Å²) in [5.74, 6) is 1.17. The highest BCUT2D eigenvalue weighted by atomic mass is 32.2. The number of sulfonamides is 1. The fourth-order valence-electron chi connectivity index (χ4n) is 3.57. The SMILES string of the molecule is NS(=O)(=O)c1ccc2[nH]c3cnc(OCC4CCCCC4)cc3c2c1. The van der Waals surface area contributed by atoms with E-state index in [0.29, 0.717) is 18.4 Å². The minimum Gasteiger partial charge on any atom is -0.477 e. The van der Waals surface area contributed by atoms with Crippen LogP contribution in [0.3, 0.4) is 0 Å². The number of ether oxygens (including phenoxy) is 1. The van der Waals surface area contributed by atoms with Crippen LogP contribution < -0.4 is 9.88 Å². The third-order valence-electron chi connectivity index (χ3n) is 4.95. The van der Waals surface area contributed by atoms with Gasteiger partial charge in [-0.15, -0.1) is 0 Å². The van der Waals surface area contributed by atoms with Gasteiger partial charge in [-0.05, 0) is 37.0 Å². The van der Waals surface area contributed by atoms with Gasteiger partial charge in [-0.3, -0.25) is 0 Å². The number of aromatic nitrogens is 2. The molecule has 0 bridgehead atoms. The molecular weight excluding hydrogens is 338 g/mol. The summed E-state index contributed by atoms with van der Waals surface area (Å²) in [6, 6.07) is 6.68. The third-order valence-corrected chi connectivity index (χ3v) is 5.86. The number of H-pyrrole nitrogens is 1. The predicted molar refractivity (Wildman–Crippen MR) is 97.0 cm³/mol. The maximum atomic E-state index is 11.6. The number of hydrogen-bond donors (Lipinski definition) is 2. The van der Waals surface area contributed by atoms with Crippen molar-refractivity contribution in [3.05, 3.63) is 30.5 Å². The van der Waals surface area contributed by atoms with Crippen molar-refractivity contribution in [3.63, 3.8) is 0 Å². The van der Waals surface area contributed by atoms with E-state index in [-0.39, 0.29) is 4.90 Å². The number of hydrogen-bond acceptors (Lipinski definition) is 4. The maximum absolute atomic E-state index is 11.6. The van der Waals surface area contributed by atoms with E-state index in [9.17, 15) is 8.42 Å². The fraction of sp³-hybridized carbons (Fsp3) is 0.389. The first kappa shape index (κ1) is 16.4. The quantitative estimate of drug-likeness (QED) is 0.746. The predicted octanol–water partition coefficient (Wildman–Crippen LogP) is 3.32. The highest BCUT2D eigenvalue weighted by Crippen LogP contribution is 2.30. The molecule has 7 heteroatoms. The second-order valence-electron chi connectivity index (χ2n) is 6.76. The Morgan fingerprint density at radius 3 is 2.64 bits per heavy atom. The molecule has 1 aromatic carbocycles. The summed E-state index contributed by atoms with van der Waals surface area (Å²) in [6.45, 7) is 0.684. The first-order chi connectivity index (χ1) is 12.0. The molecule has 0 spiro atoms. The molecule has 2 aromatic heterocycles. The zero-order valence-electron chi connectivity index (χ0n) is 13.9. The molecule has 1 fully saturated rings. The minimum atomic E-state index is -3.74. The number of nitrogens with one attached hydrogen (secondary N) is 1. The average Bonchev–Trinajstić information content (AvgIpc) is 2.97. The molecule has 132 valence electrons. The molecule has 3 aromatic rings. The number of benzene rings is 1. The molecule has 0 radical (unpaired) electrons. The molecule has 4 rings (SSSR count). The lowest BCUT2D eigenvalue weighted by molar-refractivity contribution is 0.203. The van der Waals surface area contributed by atoms with Crippen molar-refractivity contribution in [2.75, 3.05) is 6.61 Å². The molecule has 1 saturated carbocycles. The normalized spacial score (nSPS) is 16.5. The number of aromatic amines is 1. The molecule has 25 heavy (non-hydrogen) atoms. The standard InChI is InChI=1S/C18H21N3O3S/c19-25(22,23)13-6-7-16-14(8-13)15-9-18(20-10-17(15)21-16)24-11-12-4-2-1-3-5-12/h6-10,12,21H,1-5,11H2,(H2,19,22,23). The monoisotopic (exact) mass is 359 g/mol. The molecule has 0 saturated heterocycles. The van der Waals surface area contributed by atoms with E-state index in [2.05, 4.69) is 9.97 Å². The summed E-state index contributed by atoms with van der Waals surface area (Å²) < 4.78 is 29.1. The van der Waals surface area contributed by atoms with Gasteiger partial charge in [-0.2, -0.15) is 0 Å². The lowest BCUT2D eigenvalue weighted by atomic mass is 9.90. The Morgan fingerprint density at radius 2 is 1.88 bits per heavy atom. The van der Waals surface area contributed by atoms with Crippen LogP contribution >= 0.6 is 0 Å². The van der Waals surface area contributed by atoms with Crippen LogP contribution in [0.1, 0.15) is 32.1 Å². The Hall–Kier alpha value is -2.12. The van der Waals surface area contributed by atoms with Gasteiger partial charge in [0.05, 0.1) is 23.2 Å². The Balaban J connectivity index is 1.67. The van der Waals surface area contributed by atoms with Gasteiger partial charge in [-0.1, -0.05) is 19.3 Å². The Bertz CT molecular complexity index is 1020. The minimum absolute atomic E-state index is 0.0994. The molecule has 0 aliphatic heterocycles. The summed E-state index contributed by atoms with van der Waals surface area (Å²) in [5, 5.41) is 6.93. The number of pyridine rings is 1. The summed E-state index contributed by atoms with van der Waals surface area (Å²) in [7, 11) is -3.74. The lowest BCUT2D eigenvalue weighted by Crippen LogP contribution is -2.15. The van der Waals surface area contributed by atoms with Crippen LogP contribution in [-0.4, -0.2) is 25.0 Å². The van der Waals surface area contributed by atoms with Crippen molar-refractivity contribution in [2.24, 2.45) is 11.1 Å². The van der Waals surface area contributed by atoms with E-state index < -0.39 is 10.0 Å². The maximum Gasteiger partial charge on any atom is 0.238 e. The largest absolute Gasteiger partial charge is 0.477 e. The first-order valence-electron chi connectivity index (χ1n) is 8.58. The zero-order valence-corrected chi connectivity index (χ0v) is 14.7. The second kappa shape index (κ2) is 6.31. The number of nitrogens with two attached hydrogens (primary N) is 1. The van der Waals surface area contributed by atoms with Crippen molar-refractivity contribution >= 4 is 31.8 Å². The molecule has 1 aliphatic rings. The van der Waals surface area contributed by atoms with E-state index in [1.165, 1.54) is 38.2 Å². The van der Waals surface area contributed by atoms with Gasteiger partial charge in [0.15, 0.2) is 0 Å². The van der Waals surface area contributed by atoms with Gasteiger partial charge in [0.2, 0.25) is 15.9 Å². The van der Waals surface area contributed by atoms with Gasteiger partial charge < -0.3 is 9.72 Å². The zero-order chi connectivity index (χ0) is 17.4. The van der Waals surface area contributed by atoms with Crippen molar-refractivity contribution in [1.29, 1.82) is 0 Å². The molecule has 2 heterocycles. The molecule has 0 unspecified atom stereocenters. The highest BCUT2D eigenvalue weighted by molar-refractivity contribution is 7.89. The van der Waals surface area contributed by atoms with Gasteiger partial charge in [-0.25, -0.2) is 18.5 Å². The molecule has 0 amide bonds. The second-order valence-corrected chi connectivity index (χ2v) is 8.32. The van der Waals surface area contributed by atoms with Crippen LogP contribution in [0.25, 0.3) is 21.8 Å². The van der Waals surface area contributed by atoms with Gasteiger partial charge in [0, 0.05) is 22.4 Å². The molecule has 6 nitrogen and oxygen atoms in total. The van der Waals surface area contributed by atoms with Gasteiger partial charge in [0.1, 0.15) is 0 Å². The summed E-state index contributed by atoms with van der Waals surface area (Å²) in [6.07, 6.45) is 8.03. The van der Waals surface area contributed by atoms with Crippen LogP contribution in [0.5, 0.6) is 5.88 Å². The third kappa shape index (κ3) is 3.34. The van der Waals surface area contributed by atoms with Crippen LogP contribution in [-0.2, 0) is 10.0 Å². The van der Waals surface area contributed by atoms with E-state index in [4.69, 9.17) is 9.88 Å². The number of primary sulfonamides is 1. The van der Waals surface area contributed by atoms with E-state index in [0.717, 1.165) is 21.8 Å². The number of rotatable bonds is 4. The van der Waals surface area contributed by atoms with E-state index >= 15 is 0 Å². The van der Waals surface area contributed by atoms with Crippen LogP contribution in [0.4, 0.5) is 0 Å².